The first-order valence-electron chi connectivity index (χ1n) is 5.47. The Morgan fingerprint density at radius 3 is 2.45 bits per heavy atom. The molecule has 1 atom stereocenters. The first kappa shape index (κ1) is 14.5. The van der Waals surface area contributed by atoms with Crippen molar-refractivity contribution in [1.29, 1.82) is 0 Å². The minimum absolute atomic E-state index is 0.0193. The van der Waals surface area contributed by atoms with Crippen LogP contribution in [0.15, 0.2) is 35.7 Å². The minimum atomic E-state index is -4.61. The van der Waals surface area contributed by atoms with Gasteiger partial charge in [-0.25, -0.2) is 4.79 Å². The standard InChI is InChI=1S/C13H9F3O3S/c14-13(15,16)9-4-2-1-3-7(9)10(17)11-8(12(18)19)5-6-20-11/h1-6,10,17H,(H,18,19). The number of hydrogen-bond acceptors (Lipinski definition) is 3. The summed E-state index contributed by atoms with van der Waals surface area (Å²) in [5.74, 6) is -1.29. The number of aromatic carboxylic acids is 1. The van der Waals surface area contributed by atoms with Crippen LogP contribution in [0.4, 0.5) is 13.2 Å². The summed E-state index contributed by atoms with van der Waals surface area (Å²) in [6, 6.07) is 5.82. The van der Waals surface area contributed by atoms with Gasteiger partial charge in [0.25, 0.3) is 0 Å². The molecule has 0 amide bonds. The lowest BCUT2D eigenvalue weighted by Gasteiger charge is -2.17. The number of carboxylic acids is 1. The zero-order chi connectivity index (χ0) is 14.9. The maximum atomic E-state index is 12.9. The largest absolute Gasteiger partial charge is 0.478 e. The Bertz CT molecular complexity index is 634. The average Bonchev–Trinajstić information content (AvgIpc) is 2.86. The van der Waals surface area contributed by atoms with Crippen LogP contribution in [0.3, 0.4) is 0 Å². The molecule has 106 valence electrons. The average molecular weight is 302 g/mol. The number of halogens is 3. The number of aliphatic hydroxyl groups is 1. The van der Waals surface area contributed by atoms with Crippen molar-refractivity contribution in [3.63, 3.8) is 0 Å². The molecular formula is C13H9F3O3S. The predicted octanol–water partition coefficient (Wildman–Crippen LogP) is 3.55. The second kappa shape index (κ2) is 5.26. The summed E-state index contributed by atoms with van der Waals surface area (Å²) in [7, 11) is 0. The fraction of sp³-hybridized carbons (Fsp3) is 0.154. The third-order valence-corrected chi connectivity index (χ3v) is 3.70. The molecule has 0 saturated carbocycles. The van der Waals surface area contributed by atoms with E-state index in [1.54, 1.807) is 0 Å². The van der Waals surface area contributed by atoms with Crippen LogP contribution in [0.25, 0.3) is 0 Å². The van der Waals surface area contributed by atoms with E-state index in [0.29, 0.717) is 0 Å². The highest BCUT2D eigenvalue weighted by molar-refractivity contribution is 7.10. The van der Waals surface area contributed by atoms with Gasteiger partial charge in [-0.05, 0) is 23.1 Å². The molecule has 0 spiro atoms. The number of alkyl halides is 3. The van der Waals surface area contributed by atoms with Crippen LogP contribution in [0.5, 0.6) is 0 Å². The van der Waals surface area contributed by atoms with Crippen LogP contribution < -0.4 is 0 Å². The Morgan fingerprint density at radius 1 is 1.20 bits per heavy atom. The summed E-state index contributed by atoms with van der Waals surface area (Å²) >= 11 is 0.902. The molecule has 0 fully saturated rings. The van der Waals surface area contributed by atoms with Crippen LogP contribution in [0.2, 0.25) is 0 Å². The zero-order valence-corrected chi connectivity index (χ0v) is 10.7. The van der Waals surface area contributed by atoms with Gasteiger partial charge >= 0.3 is 12.1 Å². The van der Waals surface area contributed by atoms with Gasteiger partial charge in [0.15, 0.2) is 0 Å². The summed E-state index contributed by atoms with van der Waals surface area (Å²) in [5, 5.41) is 20.5. The van der Waals surface area contributed by atoms with Crippen molar-refractivity contribution in [2.45, 2.75) is 12.3 Å². The topological polar surface area (TPSA) is 57.5 Å². The molecule has 0 radical (unpaired) electrons. The number of aliphatic hydroxyl groups excluding tert-OH is 1. The van der Waals surface area contributed by atoms with Crippen LogP contribution in [0, 0.1) is 0 Å². The summed E-state index contributed by atoms with van der Waals surface area (Å²) in [6.45, 7) is 0. The van der Waals surface area contributed by atoms with E-state index >= 15 is 0 Å². The third-order valence-electron chi connectivity index (χ3n) is 2.73. The minimum Gasteiger partial charge on any atom is -0.478 e. The molecule has 0 saturated heterocycles. The van der Waals surface area contributed by atoms with Gasteiger partial charge in [-0.3, -0.25) is 0 Å². The van der Waals surface area contributed by atoms with E-state index in [4.69, 9.17) is 5.11 Å². The lowest BCUT2D eigenvalue weighted by Crippen LogP contribution is -2.13. The second-order valence-electron chi connectivity index (χ2n) is 3.99. The smallest absolute Gasteiger partial charge is 0.416 e. The van der Waals surface area contributed by atoms with Crippen molar-refractivity contribution in [2.75, 3.05) is 0 Å². The van der Waals surface area contributed by atoms with Crippen LogP contribution in [-0.2, 0) is 6.18 Å². The Kier molecular flexibility index (Phi) is 3.82. The highest BCUT2D eigenvalue weighted by Crippen LogP contribution is 2.38. The lowest BCUT2D eigenvalue weighted by atomic mass is 9.99. The molecule has 1 heterocycles. The maximum Gasteiger partial charge on any atom is 0.416 e. The number of carboxylic acid groups (broad SMARTS) is 1. The zero-order valence-electron chi connectivity index (χ0n) is 9.89. The number of hydrogen-bond donors (Lipinski definition) is 2. The summed E-state index contributed by atoms with van der Waals surface area (Å²) in [6.07, 6.45) is -6.24. The molecule has 2 N–H and O–H groups in total. The SMILES string of the molecule is O=C(O)c1ccsc1C(O)c1ccccc1C(F)(F)F. The molecule has 20 heavy (non-hydrogen) atoms. The van der Waals surface area contributed by atoms with Gasteiger partial charge in [-0.1, -0.05) is 18.2 Å². The maximum absolute atomic E-state index is 12.9. The third kappa shape index (κ3) is 2.68. The molecule has 0 bridgehead atoms. The summed E-state index contributed by atoms with van der Waals surface area (Å²) in [5.41, 5.74) is -1.53. The summed E-state index contributed by atoms with van der Waals surface area (Å²) in [4.78, 5) is 11.0. The fourth-order valence-corrected chi connectivity index (χ4v) is 2.73. The first-order chi connectivity index (χ1) is 9.32. The van der Waals surface area contributed by atoms with Gasteiger partial charge < -0.3 is 10.2 Å². The summed E-state index contributed by atoms with van der Waals surface area (Å²) < 4.78 is 38.7. The van der Waals surface area contributed by atoms with Gasteiger partial charge in [-0.15, -0.1) is 11.3 Å². The van der Waals surface area contributed by atoms with Gasteiger partial charge in [-0.2, -0.15) is 13.2 Å². The normalized spacial score (nSPS) is 13.2. The molecule has 7 heteroatoms. The van der Waals surface area contributed by atoms with E-state index in [9.17, 15) is 23.1 Å². The van der Waals surface area contributed by atoms with Crippen molar-refractivity contribution in [3.8, 4) is 0 Å². The van der Waals surface area contributed by atoms with Crippen LogP contribution >= 0.6 is 11.3 Å². The molecular weight excluding hydrogens is 293 g/mol. The van der Waals surface area contributed by atoms with E-state index in [0.717, 1.165) is 23.5 Å². The number of rotatable bonds is 3. The Hall–Kier alpha value is -1.86. The number of carbonyl (C=O) groups is 1. The molecule has 2 rings (SSSR count). The molecule has 1 aromatic heterocycles. The second-order valence-corrected chi connectivity index (χ2v) is 4.94. The van der Waals surface area contributed by atoms with E-state index in [1.165, 1.54) is 23.6 Å². The Morgan fingerprint density at radius 2 is 1.85 bits per heavy atom. The van der Waals surface area contributed by atoms with E-state index in [-0.39, 0.29) is 16.0 Å². The molecule has 0 aliphatic rings. The molecule has 0 aliphatic carbocycles. The van der Waals surface area contributed by atoms with Crippen molar-refractivity contribution in [1.82, 2.24) is 0 Å². The predicted molar refractivity (Wildman–Crippen MR) is 66.8 cm³/mol. The number of thiophene rings is 1. The molecule has 1 unspecified atom stereocenters. The van der Waals surface area contributed by atoms with Crippen molar-refractivity contribution < 1.29 is 28.2 Å². The van der Waals surface area contributed by atoms with Gasteiger partial charge in [0.05, 0.1) is 16.0 Å². The highest BCUT2D eigenvalue weighted by Gasteiger charge is 2.35. The quantitative estimate of drug-likeness (QED) is 0.911. The van der Waals surface area contributed by atoms with E-state index < -0.39 is 23.8 Å². The first-order valence-corrected chi connectivity index (χ1v) is 6.35. The van der Waals surface area contributed by atoms with Crippen molar-refractivity contribution in [3.05, 3.63) is 57.3 Å². The molecule has 2 aromatic rings. The fourth-order valence-electron chi connectivity index (χ4n) is 1.84. The van der Waals surface area contributed by atoms with Crippen molar-refractivity contribution in [2.24, 2.45) is 0 Å². The van der Waals surface area contributed by atoms with Crippen molar-refractivity contribution >= 4 is 17.3 Å². The lowest BCUT2D eigenvalue weighted by molar-refractivity contribution is -0.138. The van der Waals surface area contributed by atoms with Gasteiger partial charge in [0.2, 0.25) is 0 Å². The number of benzene rings is 1. The van der Waals surface area contributed by atoms with Gasteiger partial charge in [0.1, 0.15) is 6.10 Å². The van der Waals surface area contributed by atoms with E-state index in [1.807, 2.05) is 0 Å². The van der Waals surface area contributed by atoms with E-state index in [2.05, 4.69) is 0 Å². The Labute approximate surface area is 115 Å². The molecule has 1 aromatic carbocycles. The Balaban J connectivity index is 2.52. The monoisotopic (exact) mass is 302 g/mol. The van der Waals surface area contributed by atoms with Crippen LogP contribution in [0.1, 0.15) is 32.5 Å². The van der Waals surface area contributed by atoms with Crippen LogP contribution in [-0.4, -0.2) is 16.2 Å². The highest BCUT2D eigenvalue weighted by atomic mass is 32.1. The molecule has 3 nitrogen and oxygen atoms in total. The van der Waals surface area contributed by atoms with Gasteiger partial charge in [0, 0.05) is 0 Å². The molecule has 0 aliphatic heterocycles.